The van der Waals surface area contributed by atoms with E-state index in [1.165, 1.54) is 10.4 Å². The fraction of sp³-hybridized carbons (Fsp3) is 0.406. The van der Waals surface area contributed by atoms with Gasteiger partial charge in [0.15, 0.2) is 0 Å². The minimum absolute atomic E-state index is 0.0570. The molecule has 7 heteroatoms. The highest BCUT2D eigenvalue weighted by atomic mass is 32.1. The number of aromatic nitrogens is 2. The second kappa shape index (κ2) is 13.6. The Morgan fingerprint density at radius 3 is 2.46 bits per heavy atom. The van der Waals surface area contributed by atoms with Gasteiger partial charge in [0, 0.05) is 36.5 Å². The van der Waals surface area contributed by atoms with Crippen LogP contribution in [0.1, 0.15) is 79.1 Å². The fourth-order valence-corrected chi connectivity index (χ4v) is 5.85. The Bertz CT molecular complexity index is 1360. The summed E-state index contributed by atoms with van der Waals surface area (Å²) in [6.07, 6.45) is 4.97. The average Bonchev–Trinajstić information content (AvgIpc) is 3.60. The zero-order valence-corrected chi connectivity index (χ0v) is 24.3. The van der Waals surface area contributed by atoms with Crippen molar-refractivity contribution in [3.05, 3.63) is 87.9 Å². The van der Waals surface area contributed by atoms with Crippen LogP contribution in [-0.4, -0.2) is 45.9 Å². The van der Waals surface area contributed by atoms with Crippen molar-refractivity contribution in [1.82, 2.24) is 19.8 Å². The largest absolute Gasteiger partial charge is 0.344 e. The number of likely N-dealkylation sites (N-methyl/N-ethyl adjacent to an activating group) is 1. The first-order chi connectivity index (χ1) is 18.9. The molecule has 39 heavy (non-hydrogen) atoms. The Labute approximate surface area is 236 Å². The molecule has 0 bridgehead atoms. The number of imidazole rings is 1. The van der Waals surface area contributed by atoms with E-state index in [-0.39, 0.29) is 11.8 Å². The first-order valence-electron chi connectivity index (χ1n) is 14.1. The number of hydrogen-bond acceptors (Lipinski definition) is 4. The lowest BCUT2D eigenvalue weighted by Crippen LogP contribution is -2.47. The van der Waals surface area contributed by atoms with Crippen LogP contribution in [0, 0.1) is 0 Å². The maximum Gasteiger partial charge on any atom is 0.252 e. The highest BCUT2D eigenvalue weighted by molar-refractivity contribution is 7.09. The van der Waals surface area contributed by atoms with Gasteiger partial charge in [0.05, 0.1) is 11.0 Å². The number of rotatable bonds is 13. The molecule has 2 amide bonds. The molecule has 1 N–H and O–H groups in total. The number of carbonyl (C=O) groups is 2. The molecule has 0 saturated carbocycles. The Morgan fingerprint density at radius 1 is 1.03 bits per heavy atom. The molecule has 0 aliphatic rings. The molecule has 4 aromatic rings. The summed E-state index contributed by atoms with van der Waals surface area (Å²) < 4.78 is 2.35. The van der Waals surface area contributed by atoms with E-state index in [1.807, 2.05) is 50.4 Å². The summed E-state index contributed by atoms with van der Waals surface area (Å²) in [4.78, 5) is 34.6. The van der Waals surface area contributed by atoms with Crippen molar-refractivity contribution in [2.45, 2.75) is 71.4 Å². The average molecular weight is 545 g/mol. The first kappa shape index (κ1) is 28.6. The molecule has 0 aliphatic carbocycles. The number of nitrogens with zero attached hydrogens (tertiary/aromatic N) is 3. The molecule has 2 aromatic heterocycles. The Balaban J connectivity index is 1.52. The topological polar surface area (TPSA) is 67.2 Å². The molecule has 2 aromatic carbocycles. The van der Waals surface area contributed by atoms with E-state index in [0.29, 0.717) is 24.6 Å². The zero-order chi connectivity index (χ0) is 27.8. The van der Waals surface area contributed by atoms with Crippen LogP contribution >= 0.6 is 11.3 Å². The van der Waals surface area contributed by atoms with Crippen molar-refractivity contribution in [2.75, 3.05) is 13.6 Å². The van der Waals surface area contributed by atoms with Gasteiger partial charge in [-0.05, 0) is 60.9 Å². The molecule has 1 atom stereocenters. The molecule has 0 radical (unpaired) electrons. The van der Waals surface area contributed by atoms with Gasteiger partial charge < -0.3 is 14.8 Å². The van der Waals surface area contributed by atoms with Crippen molar-refractivity contribution in [3.8, 4) is 0 Å². The lowest BCUT2D eigenvalue weighted by Gasteiger charge is -2.24. The SMILES string of the molecule is CCCC(NC(=O)c1ccc2c(c1)nc(Cc1cccs1)n2C(CC)CC)C(=O)N(C)CCc1ccccc1. The minimum atomic E-state index is -0.560. The normalized spacial score (nSPS) is 12.1. The lowest BCUT2D eigenvalue weighted by molar-refractivity contribution is -0.132. The highest BCUT2D eigenvalue weighted by Gasteiger charge is 2.25. The van der Waals surface area contributed by atoms with E-state index >= 15 is 0 Å². The summed E-state index contributed by atoms with van der Waals surface area (Å²) in [5.41, 5.74) is 3.58. The molecular formula is C32H40N4O2S. The maximum atomic E-state index is 13.4. The molecule has 1 unspecified atom stereocenters. The number of hydrogen-bond donors (Lipinski definition) is 1. The van der Waals surface area contributed by atoms with Gasteiger partial charge in [-0.15, -0.1) is 11.3 Å². The van der Waals surface area contributed by atoms with Gasteiger partial charge in [0.25, 0.3) is 5.91 Å². The standard InChI is InChI=1S/C32H40N4O2S/c1-5-12-27(32(38)35(4)19-18-23-13-9-8-10-14-23)34-31(37)24-16-17-29-28(21-24)33-30(22-26-15-11-20-39-26)36(29)25(6-2)7-3/h8-11,13-17,20-21,25,27H,5-7,12,18-19,22H2,1-4H3,(H,34,37). The van der Waals surface area contributed by atoms with Crippen LogP contribution in [0.2, 0.25) is 0 Å². The number of thiophene rings is 1. The molecule has 0 fully saturated rings. The van der Waals surface area contributed by atoms with Crippen molar-refractivity contribution in [3.63, 3.8) is 0 Å². The number of amides is 2. The Hall–Kier alpha value is -3.45. The molecular weight excluding hydrogens is 504 g/mol. The molecule has 0 saturated heterocycles. The van der Waals surface area contributed by atoms with Gasteiger partial charge in [0.2, 0.25) is 5.91 Å². The van der Waals surface area contributed by atoms with Gasteiger partial charge in [0.1, 0.15) is 11.9 Å². The van der Waals surface area contributed by atoms with E-state index in [1.54, 1.807) is 16.2 Å². The Kier molecular flexibility index (Phi) is 9.93. The molecule has 4 rings (SSSR count). The maximum absolute atomic E-state index is 13.4. The van der Waals surface area contributed by atoms with E-state index in [9.17, 15) is 9.59 Å². The third kappa shape index (κ3) is 6.95. The van der Waals surface area contributed by atoms with E-state index in [4.69, 9.17) is 4.98 Å². The zero-order valence-electron chi connectivity index (χ0n) is 23.5. The summed E-state index contributed by atoms with van der Waals surface area (Å²) in [7, 11) is 1.81. The predicted molar refractivity (Wildman–Crippen MR) is 160 cm³/mol. The number of carbonyl (C=O) groups excluding carboxylic acids is 2. The summed E-state index contributed by atoms with van der Waals surface area (Å²) in [5.74, 6) is 0.730. The van der Waals surface area contributed by atoms with E-state index < -0.39 is 6.04 Å². The smallest absolute Gasteiger partial charge is 0.252 e. The van der Waals surface area contributed by atoms with Gasteiger partial charge in [-0.2, -0.15) is 0 Å². The first-order valence-corrected chi connectivity index (χ1v) is 15.0. The summed E-state index contributed by atoms with van der Waals surface area (Å²) in [6.45, 7) is 7.05. The lowest BCUT2D eigenvalue weighted by atomic mass is 10.1. The quantitative estimate of drug-likeness (QED) is 0.205. The number of benzene rings is 2. The monoisotopic (exact) mass is 544 g/mol. The fourth-order valence-electron chi connectivity index (χ4n) is 5.15. The van der Waals surface area contributed by atoms with Gasteiger partial charge >= 0.3 is 0 Å². The summed E-state index contributed by atoms with van der Waals surface area (Å²) in [6, 6.07) is 19.9. The van der Waals surface area contributed by atoms with E-state index in [0.717, 1.165) is 49.0 Å². The van der Waals surface area contributed by atoms with Crippen molar-refractivity contribution >= 4 is 34.2 Å². The van der Waals surface area contributed by atoms with Crippen LogP contribution in [-0.2, 0) is 17.6 Å². The van der Waals surface area contributed by atoms with Crippen molar-refractivity contribution < 1.29 is 9.59 Å². The second-order valence-corrected chi connectivity index (χ2v) is 11.2. The number of nitrogens with one attached hydrogen (secondary N) is 1. The molecule has 6 nitrogen and oxygen atoms in total. The van der Waals surface area contributed by atoms with Crippen LogP contribution in [0.5, 0.6) is 0 Å². The molecule has 206 valence electrons. The Morgan fingerprint density at radius 2 is 1.79 bits per heavy atom. The third-order valence-corrected chi connectivity index (χ3v) is 8.26. The summed E-state index contributed by atoms with van der Waals surface area (Å²) in [5, 5.41) is 5.11. The second-order valence-electron chi connectivity index (χ2n) is 10.1. The van der Waals surface area contributed by atoms with E-state index in [2.05, 4.69) is 53.4 Å². The van der Waals surface area contributed by atoms with Crippen molar-refractivity contribution in [2.24, 2.45) is 0 Å². The van der Waals surface area contributed by atoms with Crippen LogP contribution in [0.25, 0.3) is 11.0 Å². The van der Waals surface area contributed by atoms with Gasteiger partial charge in [-0.3, -0.25) is 9.59 Å². The van der Waals surface area contributed by atoms with Gasteiger partial charge in [-0.25, -0.2) is 4.98 Å². The summed E-state index contributed by atoms with van der Waals surface area (Å²) >= 11 is 1.74. The van der Waals surface area contributed by atoms with Crippen LogP contribution in [0.15, 0.2) is 66.0 Å². The highest BCUT2D eigenvalue weighted by Crippen LogP contribution is 2.28. The minimum Gasteiger partial charge on any atom is -0.344 e. The number of fused-ring (bicyclic) bond motifs is 1. The van der Waals surface area contributed by atoms with Crippen LogP contribution in [0.4, 0.5) is 0 Å². The van der Waals surface area contributed by atoms with Crippen molar-refractivity contribution in [1.29, 1.82) is 0 Å². The van der Waals surface area contributed by atoms with Crippen LogP contribution in [0.3, 0.4) is 0 Å². The molecule has 2 heterocycles. The molecule has 0 spiro atoms. The molecule has 0 aliphatic heterocycles. The third-order valence-electron chi connectivity index (χ3n) is 7.38. The predicted octanol–water partition coefficient (Wildman–Crippen LogP) is 6.65. The van der Waals surface area contributed by atoms with Crippen LogP contribution < -0.4 is 5.32 Å². The van der Waals surface area contributed by atoms with Gasteiger partial charge in [-0.1, -0.05) is 63.6 Å².